The summed E-state index contributed by atoms with van der Waals surface area (Å²) in [6, 6.07) is 7.76. The Hall–Kier alpha value is -2.00. The van der Waals surface area contributed by atoms with Crippen molar-refractivity contribution < 1.29 is 9.47 Å². The van der Waals surface area contributed by atoms with Gasteiger partial charge in [0.1, 0.15) is 16.5 Å². The van der Waals surface area contributed by atoms with Crippen molar-refractivity contribution in [2.24, 2.45) is 7.05 Å². The van der Waals surface area contributed by atoms with Gasteiger partial charge in [0.05, 0.1) is 13.2 Å². The van der Waals surface area contributed by atoms with Gasteiger partial charge in [-0.3, -0.25) is 0 Å². The number of rotatable bonds is 1. The quantitative estimate of drug-likeness (QED) is 0.805. The van der Waals surface area contributed by atoms with Crippen LogP contribution in [0.25, 0.3) is 11.4 Å². The van der Waals surface area contributed by atoms with Crippen molar-refractivity contribution in [1.29, 1.82) is 5.26 Å². The molecule has 2 aromatic rings. The number of nitriles is 1. The number of fused-ring (bicyclic) bond motifs is 1. The lowest BCUT2D eigenvalue weighted by Crippen LogP contribution is -1.97. The highest BCUT2D eigenvalue weighted by Crippen LogP contribution is 2.34. The van der Waals surface area contributed by atoms with Crippen molar-refractivity contribution in [2.45, 2.75) is 6.42 Å². The Morgan fingerprint density at radius 2 is 2.05 bits per heavy atom. The minimum absolute atomic E-state index is 0.370. The van der Waals surface area contributed by atoms with Crippen molar-refractivity contribution in [3.63, 3.8) is 0 Å². The van der Waals surface area contributed by atoms with Gasteiger partial charge in [0.2, 0.25) is 0 Å². The van der Waals surface area contributed by atoms with Crippen LogP contribution in [0.3, 0.4) is 0 Å². The minimum atomic E-state index is 0.370. The second-order valence-corrected chi connectivity index (χ2v) is 5.21. The molecule has 1 aliphatic heterocycles. The van der Waals surface area contributed by atoms with Gasteiger partial charge in [-0.2, -0.15) is 5.26 Å². The van der Waals surface area contributed by atoms with Crippen LogP contribution in [0.4, 0.5) is 0 Å². The normalized spacial score (nSPS) is 13.7. The zero-order chi connectivity index (χ0) is 14.1. The third kappa shape index (κ3) is 2.14. The second-order valence-electron chi connectivity index (χ2n) is 4.46. The predicted octanol–water partition coefficient (Wildman–Crippen LogP) is 2.88. The van der Waals surface area contributed by atoms with Crippen LogP contribution in [-0.4, -0.2) is 22.8 Å². The minimum Gasteiger partial charge on any atom is -0.490 e. The molecule has 0 radical (unpaired) electrons. The van der Waals surface area contributed by atoms with E-state index in [0.29, 0.717) is 29.3 Å². The molecule has 0 atom stereocenters. The van der Waals surface area contributed by atoms with Crippen molar-refractivity contribution in [2.75, 3.05) is 13.2 Å². The molecule has 0 amide bonds. The van der Waals surface area contributed by atoms with Crippen molar-refractivity contribution in [1.82, 2.24) is 9.55 Å². The Balaban J connectivity index is 2.07. The molecule has 0 bridgehead atoms. The summed E-state index contributed by atoms with van der Waals surface area (Å²) >= 11 is 3.37. The first-order chi connectivity index (χ1) is 9.70. The van der Waals surface area contributed by atoms with E-state index in [-0.39, 0.29) is 0 Å². The topological polar surface area (TPSA) is 60.1 Å². The molecule has 0 fully saturated rings. The predicted molar refractivity (Wildman–Crippen MR) is 76.7 cm³/mol. The number of halogens is 1. The summed E-state index contributed by atoms with van der Waals surface area (Å²) in [5, 5.41) is 9.03. The molecular formula is C14H12BrN3O2. The number of hydrogen-bond acceptors (Lipinski definition) is 4. The van der Waals surface area contributed by atoms with Crippen LogP contribution in [0.5, 0.6) is 11.5 Å². The van der Waals surface area contributed by atoms with Gasteiger partial charge in [0.25, 0.3) is 0 Å². The summed E-state index contributed by atoms with van der Waals surface area (Å²) < 4.78 is 13.8. The van der Waals surface area contributed by atoms with E-state index in [1.54, 1.807) is 0 Å². The fourth-order valence-corrected chi connectivity index (χ4v) is 2.46. The molecule has 1 aliphatic rings. The molecule has 1 aromatic carbocycles. The molecule has 0 N–H and O–H groups in total. The first-order valence-corrected chi connectivity index (χ1v) is 7.02. The van der Waals surface area contributed by atoms with Crippen LogP contribution < -0.4 is 9.47 Å². The number of ether oxygens (including phenoxy) is 2. The van der Waals surface area contributed by atoms with Gasteiger partial charge < -0.3 is 14.0 Å². The van der Waals surface area contributed by atoms with Gasteiger partial charge in [-0.15, -0.1) is 0 Å². The van der Waals surface area contributed by atoms with Gasteiger partial charge >= 0.3 is 0 Å². The summed E-state index contributed by atoms with van der Waals surface area (Å²) in [5.74, 6) is 2.18. The maximum absolute atomic E-state index is 9.03. The Bertz CT molecular complexity index is 703. The Kier molecular flexibility index (Phi) is 3.36. The average molecular weight is 334 g/mol. The highest BCUT2D eigenvalue weighted by Gasteiger charge is 2.17. The largest absolute Gasteiger partial charge is 0.490 e. The molecule has 1 aromatic heterocycles. The Morgan fingerprint density at radius 3 is 2.75 bits per heavy atom. The summed E-state index contributed by atoms with van der Waals surface area (Å²) in [6.07, 6.45) is 0.872. The third-order valence-corrected chi connectivity index (χ3v) is 4.04. The Labute approximate surface area is 124 Å². The zero-order valence-corrected chi connectivity index (χ0v) is 12.5. The van der Waals surface area contributed by atoms with Gasteiger partial charge in [-0.05, 0) is 34.1 Å². The molecule has 0 unspecified atom stereocenters. The lowest BCUT2D eigenvalue weighted by atomic mass is 10.2. The molecule has 6 heteroatoms. The summed E-state index contributed by atoms with van der Waals surface area (Å²) in [6.45, 7) is 1.31. The van der Waals surface area contributed by atoms with Crippen LogP contribution in [-0.2, 0) is 7.05 Å². The van der Waals surface area contributed by atoms with E-state index in [1.807, 2.05) is 29.8 Å². The first-order valence-electron chi connectivity index (χ1n) is 6.23. The van der Waals surface area contributed by atoms with Crippen LogP contribution in [0.1, 0.15) is 12.1 Å². The summed E-state index contributed by atoms with van der Waals surface area (Å²) in [5.41, 5.74) is 1.26. The molecule has 0 aliphatic carbocycles. The van der Waals surface area contributed by atoms with Crippen LogP contribution >= 0.6 is 15.9 Å². The van der Waals surface area contributed by atoms with Gasteiger partial charge in [-0.25, -0.2) is 4.98 Å². The van der Waals surface area contributed by atoms with Crippen molar-refractivity contribution >= 4 is 15.9 Å². The van der Waals surface area contributed by atoms with Gasteiger partial charge in [0.15, 0.2) is 17.2 Å². The van der Waals surface area contributed by atoms with Crippen LogP contribution in [0.2, 0.25) is 0 Å². The molecule has 2 heterocycles. The summed E-state index contributed by atoms with van der Waals surface area (Å²) in [4.78, 5) is 4.33. The third-order valence-electron chi connectivity index (χ3n) is 3.14. The maximum atomic E-state index is 9.03. The molecule has 3 rings (SSSR count). The fraction of sp³-hybridized carbons (Fsp3) is 0.286. The highest BCUT2D eigenvalue weighted by molar-refractivity contribution is 9.10. The van der Waals surface area contributed by atoms with E-state index in [2.05, 4.69) is 27.0 Å². The summed E-state index contributed by atoms with van der Waals surface area (Å²) in [7, 11) is 1.86. The number of imidazole rings is 1. The standard InChI is InChI=1S/C14H12BrN3O2/c1-18-13(15)10(8-16)17-14(18)9-3-4-11-12(7-9)20-6-2-5-19-11/h3-4,7H,2,5-6H2,1H3. The number of nitrogens with zero attached hydrogens (tertiary/aromatic N) is 3. The first kappa shape index (κ1) is 13.0. The van der Waals surface area contributed by atoms with E-state index in [9.17, 15) is 0 Å². The lowest BCUT2D eigenvalue weighted by molar-refractivity contribution is 0.297. The smallest absolute Gasteiger partial charge is 0.173 e. The van der Waals surface area contributed by atoms with E-state index >= 15 is 0 Å². The van der Waals surface area contributed by atoms with E-state index in [1.165, 1.54) is 0 Å². The SMILES string of the molecule is Cn1c(-c2ccc3c(c2)OCCCO3)nc(C#N)c1Br. The van der Waals surface area contributed by atoms with E-state index in [0.717, 1.165) is 23.5 Å². The number of hydrogen-bond donors (Lipinski definition) is 0. The molecular weight excluding hydrogens is 322 g/mol. The van der Waals surface area contributed by atoms with E-state index in [4.69, 9.17) is 14.7 Å². The van der Waals surface area contributed by atoms with Crippen molar-refractivity contribution in [3.8, 4) is 29.0 Å². The van der Waals surface area contributed by atoms with Gasteiger partial charge in [0, 0.05) is 19.0 Å². The zero-order valence-electron chi connectivity index (χ0n) is 10.9. The Morgan fingerprint density at radius 1 is 1.30 bits per heavy atom. The van der Waals surface area contributed by atoms with E-state index < -0.39 is 0 Å². The highest BCUT2D eigenvalue weighted by atomic mass is 79.9. The van der Waals surface area contributed by atoms with Gasteiger partial charge in [-0.1, -0.05) is 0 Å². The number of benzene rings is 1. The molecule has 0 saturated carbocycles. The molecule has 5 nitrogen and oxygen atoms in total. The molecule has 0 saturated heterocycles. The monoisotopic (exact) mass is 333 g/mol. The maximum Gasteiger partial charge on any atom is 0.173 e. The molecule has 0 spiro atoms. The molecule has 102 valence electrons. The molecule has 20 heavy (non-hydrogen) atoms. The van der Waals surface area contributed by atoms with Crippen LogP contribution in [0.15, 0.2) is 22.8 Å². The van der Waals surface area contributed by atoms with Crippen LogP contribution in [0, 0.1) is 11.3 Å². The number of aromatic nitrogens is 2. The second kappa shape index (κ2) is 5.17. The fourth-order valence-electron chi connectivity index (χ4n) is 2.11. The van der Waals surface area contributed by atoms with Crippen molar-refractivity contribution in [3.05, 3.63) is 28.5 Å². The lowest BCUT2D eigenvalue weighted by Gasteiger charge is -2.09. The average Bonchev–Trinajstić information content (AvgIpc) is 2.66.